The molecule has 0 atom stereocenters. The van der Waals surface area contributed by atoms with Crippen molar-refractivity contribution in [3.8, 4) is 0 Å². The van der Waals surface area contributed by atoms with Crippen molar-refractivity contribution in [2.75, 3.05) is 33.3 Å². The lowest BCUT2D eigenvalue weighted by Gasteiger charge is -2.34. The summed E-state index contributed by atoms with van der Waals surface area (Å²) in [6.45, 7) is 9.66. The fraction of sp³-hybridized carbons (Fsp3) is 0.600. The molecular formula is C20H31BrIN3O2. The highest BCUT2D eigenvalue weighted by atomic mass is 127. The Kier molecular flexibility index (Phi) is 10.1. The van der Waals surface area contributed by atoms with Crippen LogP contribution < -0.4 is 5.32 Å². The predicted molar refractivity (Wildman–Crippen MR) is 125 cm³/mol. The lowest BCUT2D eigenvalue weighted by molar-refractivity contribution is -0.146. The van der Waals surface area contributed by atoms with Crippen LogP contribution >= 0.6 is 39.9 Å². The molecule has 0 aliphatic carbocycles. The number of guanidine groups is 1. The van der Waals surface area contributed by atoms with Gasteiger partial charge in [-0.1, -0.05) is 48.0 Å². The van der Waals surface area contributed by atoms with Crippen molar-refractivity contribution in [3.05, 3.63) is 34.3 Å². The van der Waals surface area contributed by atoms with E-state index in [4.69, 9.17) is 9.73 Å². The molecule has 0 aromatic heterocycles. The normalized spacial score (nSPS) is 15.9. The van der Waals surface area contributed by atoms with E-state index >= 15 is 0 Å². The molecule has 1 aromatic carbocycles. The number of hydrogen-bond donors (Lipinski definition) is 1. The van der Waals surface area contributed by atoms with Gasteiger partial charge in [-0.05, 0) is 31.4 Å². The first kappa shape index (κ1) is 24.2. The van der Waals surface area contributed by atoms with Crippen LogP contribution in [-0.4, -0.2) is 50.1 Å². The van der Waals surface area contributed by atoms with E-state index < -0.39 is 0 Å². The number of nitrogens with one attached hydrogen (secondary N) is 1. The molecule has 1 fully saturated rings. The smallest absolute Gasteiger partial charge is 0.308 e. The number of methoxy groups -OCH3 is 1. The van der Waals surface area contributed by atoms with Gasteiger partial charge in [0.25, 0.3) is 0 Å². The number of benzene rings is 1. The van der Waals surface area contributed by atoms with Crippen molar-refractivity contribution in [3.63, 3.8) is 0 Å². The molecule has 1 heterocycles. The van der Waals surface area contributed by atoms with E-state index in [1.54, 1.807) is 0 Å². The Morgan fingerprint density at radius 3 is 2.52 bits per heavy atom. The highest BCUT2D eigenvalue weighted by Gasteiger charge is 2.28. The van der Waals surface area contributed by atoms with Crippen LogP contribution in [0.3, 0.4) is 0 Å². The third kappa shape index (κ3) is 6.62. The summed E-state index contributed by atoms with van der Waals surface area (Å²) in [5, 5.41) is 3.40. The monoisotopic (exact) mass is 551 g/mol. The minimum Gasteiger partial charge on any atom is -0.469 e. The molecule has 0 spiro atoms. The number of likely N-dealkylation sites (tertiary alicyclic amines) is 1. The van der Waals surface area contributed by atoms with Gasteiger partial charge in [-0.15, -0.1) is 24.0 Å². The van der Waals surface area contributed by atoms with Gasteiger partial charge in [0.05, 0.1) is 19.6 Å². The minimum absolute atomic E-state index is 0. The molecule has 27 heavy (non-hydrogen) atoms. The fourth-order valence-corrected chi connectivity index (χ4v) is 4.11. The Hall–Kier alpha value is -0.830. The molecule has 5 nitrogen and oxygen atoms in total. The Balaban J connectivity index is 0.00000364. The fourth-order valence-electron chi connectivity index (χ4n) is 3.29. The lowest BCUT2D eigenvalue weighted by Crippen LogP contribution is -2.47. The lowest BCUT2D eigenvalue weighted by atomic mass is 9.85. The van der Waals surface area contributed by atoms with Gasteiger partial charge in [0.15, 0.2) is 5.96 Å². The summed E-state index contributed by atoms with van der Waals surface area (Å²) in [5.41, 5.74) is 1.18. The molecule has 1 N–H and O–H groups in total. The number of ether oxygens (including phenoxy) is 1. The number of piperidine rings is 1. The molecule has 1 aliphatic rings. The van der Waals surface area contributed by atoms with Gasteiger partial charge in [-0.3, -0.25) is 9.79 Å². The number of aliphatic imine (C=N–C) groups is 1. The van der Waals surface area contributed by atoms with E-state index in [9.17, 15) is 4.79 Å². The van der Waals surface area contributed by atoms with Crippen molar-refractivity contribution in [2.24, 2.45) is 10.9 Å². The highest BCUT2D eigenvalue weighted by Crippen LogP contribution is 2.30. The topological polar surface area (TPSA) is 53.9 Å². The van der Waals surface area contributed by atoms with Gasteiger partial charge in [-0.25, -0.2) is 0 Å². The van der Waals surface area contributed by atoms with E-state index in [0.717, 1.165) is 42.9 Å². The Morgan fingerprint density at radius 1 is 1.33 bits per heavy atom. The first-order chi connectivity index (χ1) is 12.4. The van der Waals surface area contributed by atoms with E-state index in [2.05, 4.69) is 65.1 Å². The van der Waals surface area contributed by atoms with Crippen LogP contribution in [0, 0.1) is 5.92 Å². The van der Waals surface area contributed by atoms with Gasteiger partial charge >= 0.3 is 5.97 Å². The zero-order chi connectivity index (χ0) is 19.2. The molecule has 1 aromatic rings. The van der Waals surface area contributed by atoms with Crippen molar-refractivity contribution in [2.45, 2.75) is 39.0 Å². The Morgan fingerprint density at radius 2 is 1.96 bits per heavy atom. The summed E-state index contributed by atoms with van der Waals surface area (Å²) in [7, 11) is 1.46. The van der Waals surface area contributed by atoms with Crippen molar-refractivity contribution in [1.82, 2.24) is 10.2 Å². The van der Waals surface area contributed by atoms with Gasteiger partial charge < -0.3 is 15.0 Å². The number of halogens is 2. The van der Waals surface area contributed by atoms with Gasteiger partial charge in [0.1, 0.15) is 0 Å². The quantitative estimate of drug-likeness (QED) is 0.258. The molecule has 152 valence electrons. The van der Waals surface area contributed by atoms with E-state index in [0.29, 0.717) is 6.54 Å². The van der Waals surface area contributed by atoms with E-state index in [1.165, 1.54) is 12.7 Å². The molecule has 0 radical (unpaired) electrons. The average molecular weight is 552 g/mol. The molecular weight excluding hydrogens is 521 g/mol. The van der Waals surface area contributed by atoms with Crippen LogP contribution in [0.15, 0.2) is 33.7 Å². The average Bonchev–Trinajstić information content (AvgIpc) is 2.65. The molecule has 0 unspecified atom stereocenters. The first-order valence-electron chi connectivity index (χ1n) is 9.25. The van der Waals surface area contributed by atoms with Gasteiger partial charge in [-0.2, -0.15) is 0 Å². The van der Waals surface area contributed by atoms with E-state index in [-0.39, 0.29) is 41.3 Å². The van der Waals surface area contributed by atoms with E-state index in [1.807, 2.05) is 6.07 Å². The van der Waals surface area contributed by atoms with Crippen LogP contribution in [0.1, 0.15) is 39.2 Å². The largest absolute Gasteiger partial charge is 0.469 e. The number of nitrogens with zero attached hydrogens (tertiary/aromatic N) is 2. The third-order valence-electron chi connectivity index (χ3n) is 4.89. The number of esters is 1. The summed E-state index contributed by atoms with van der Waals surface area (Å²) in [4.78, 5) is 18.9. The molecule has 0 amide bonds. The van der Waals surface area contributed by atoms with Crippen LogP contribution in [0.25, 0.3) is 0 Å². The van der Waals surface area contributed by atoms with Gasteiger partial charge in [0, 0.05) is 29.5 Å². The number of hydrogen-bond acceptors (Lipinski definition) is 3. The molecule has 1 saturated heterocycles. The zero-order valence-corrected chi connectivity index (χ0v) is 20.5. The molecule has 0 bridgehead atoms. The third-order valence-corrected chi connectivity index (χ3v) is 5.58. The Bertz CT molecular complexity index is 644. The second-order valence-corrected chi connectivity index (χ2v) is 8.17. The van der Waals surface area contributed by atoms with Crippen molar-refractivity contribution >= 4 is 51.8 Å². The molecule has 7 heteroatoms. The summed E-state index contributed by atoms with van der Waals surface area (Å²) in [6, 6.07) is 8.31. The maximum Gasteiger partial charge on any atom is 0.308 e. The maximum absolute atomic E-state index is 11.7. The Labute approximate surface area is 188 Å². The summed E-state index contributed by atoms with van der Waals surface area (Å²) >= 11 is 3.66. The maximum atomic E-state index is 11.7. The van der Waals surface area contributed by atoms with Crippen LogP contribution in [0.2, 0.25) is 0 Å². The van der Waals surface area contributed by atoms with Crippen molar-refractivity contribution < 1.29 is 9.53 Å². The standard InChI is InChI=1S/C20H30BrN3O2.HI/c1-5-22-19(24-12-10-15(11-13-24)18(25)26-4)23-14-20(2,3)16-8-6-7-9-17(16)21;/h6-9,15H,5,10-14H2,1-4H3,(H,22,23);1H. The molecule has 1 aliphatic heterocycles. The number of carbonyl (C=O) groups excluding carboxylic acids is 1. The minimum atomic E-state index is -0.0957. The number of carbonyl (C=O) groups is 1. The molecule has 2 rings (SSSR count). The predicted octanol–water partition coefficient (Wildman–Crippen LogP) is 4.20. The highest BCUT2D eigenvalue weighted by molar-refractivity contribution is 14.0. The summed E-state index contributed by atoms with van der Waals surface area (Å²) < 4.78 is 5.99. The second kappa shape index (κ2) is 11.2. The zero-order valence-electron chi connectivity index (χ0n) is 16.6. The van der Waals surface area contributed by atoms with Crippen molar-refractivity contribution in [1.29, 1.82) is 0 Å². The second-order valence-electron chi connectivity index (χ2n) is 7.32. The first-order valence-corrected chi connectivity index (χ1v) is 10.0. The SMILES string of the molecule is CCNC(=NCC(C)(C)c1ccccc1Br)N1CCC(C(=O)OC)CC1.I. The molecule has 0 saturated carbocycles. The number of rotatable bonds is 5. The van der Waals surface area contributed by atoms with Crippen LogP contribution in [-0.2, 0) is 14.9 Å². The summed E-state index contributed by atoms with van der Waals surface area (Å²) in [5.74, 6) is 0.841. The van der Waals surface area contributed by atoms with Crippen LogP contribution in [0.5, 0.6) is 0 Å². The van der Waals surface area contributed by atoms with Gasteiger partial charge in [0.2, 0.25) is 0 Å². The summed E-state index contributed by atoms with van der Waals surface area (Å²) in [6.07, 6.45) is 1.62. The van der Waals surface area contributed by atoms with Crippen LogP contribution in [0.4, 0.5) is 0 Å².